The second-order valence-corrected chi connectivity index (χ2v) is 11.6. The number of nitrogens with zero attached hydrogens (tertiary/aromatic N) is 8. The number of fused-ring (bicyclic) bond motifs is 2. The Hall–Kier alpha value is -4.10. The van der Waals surface area contributed by atoms with E-state index in [-0.39, 0.29) is 34.1 Å². The maximum atomic E-state index is 13.2. The first kappa shape index (κ1) is 26.1. The van der Waals surface area contributed by atoms with Crippen LogP contribution in [0.5, 0.6) is 0 Å². The van der Waals surface area contributed by atoms with Gasteiger partial charge in [-0.25, -0.2) is 9.78 Å². The van der Waals surface area contributed by atoms with Crippen LogP contribution >= 0.6 is 34.9 Å². The number of hydrogen-bond acceptors (Lipinski definition) is 14. The van der Waals surface area contributed by atoms with Crippen molar-refractivity contribution in [1.29, 1.82) is 0 Å². The Labute approximate surface area is 236 Å². The molecule has 5 heterocycles. The van der Waals surface area contributed by atoms with Gasteiger partial charge in [-0.1, -0.05) is 5.16 Å². The van der Waals surface area contributed by atoms with Crippen LogP contribution in [0.25, 0.3) is 5.65 Å². The van der Waals surface area contributed by atoms with E-state index in [0.717, 1.165) is 24.2 Å². The number of thioether (sulfide) groups is 2. The van der Waals surface area contributed by atoms with E-state index < -0.39 is 29.2 Å². The number of carboxylic acid groups (broad SMARTS) is 1. The Bertz CT molecular complexity index is 1580. The molecule has 2 fully saturated rings. The summed E-state index contributed by atoms with van der Waals surface area (Å²) >= 11 is 3.74. The van der Waals surface area contributed by atoms with E-state index in [0.29, 0.717) is 28.4 Å². The highest BCUT2D eigenvalue weighted by Crippen LogP contribution is 2.41. The van der Waals surface area contributed by atoms with Crippen molar-refractivity contribution in [3.63, 3.8) is 0 Å². The van der Waals surface area contributed by atoms with Gasteiger partial charge >= 0.3 is 5.97 Å². The number of carbonyl (C=O) groups excluding carboxylic acids is 3. The molecule has 0 radical (unpaired) electrons. The summed E-state index contributed by atoms with van der Waals surface area (Å²) in [4.78, 5) is 60.0. The quantitative estimate of drug-likeness (QED) is 0.0867. The van der Waals surface area contributed by atoms with Gasteiger partial charge in [0.15, 0.2) is 16.5 Å². The summed E-state index contributed by atoms with van der Waals surface area (Å²) in [6.07, 6.45) is 2.00. The van der Waals surface area contributed by atoms with Crippen LogP contribution in [0.2, 0.25) is 0 Å². The molecular formula is C21H18N10O6S3. The van der Waals surface area contributed by atoms with Crippen molar-refractivity contribution in [2.75, 3.05) is 16.8 Å². The molecule has 0 bridgehead atoms. The highest BCUT2D eigenvalue weighted by molar-refractivity contribution is 8.01. The van der Waals surface area contributed by atoms with Crippen molar-refractivity contribution in [1.82, 2.24) is 40.5 Å². The average Bonchev–Trinajstić information content (AvgIpc) is 3.46. The fourth-order valence-electron chi connectivity index (χ4n) is 3.88. The minimum absolute atomic E-state index is 0.0896. The Morgan fingerprint density at radius 3 is 2.95 bits per heavy atom. The SMILES string of the molecule is O=CNc1nc(C(=NOC2CC2)C(=O)N[C@@H]2C(=O)N3C(C(=O)O)=C(CSc4ccc5nnnn5n4)CS[C@@H]23)cs1. The van der Waals surface area contributed by atoms with Crippen molar-refractivity contribution >= 4 is 75.5 Å². The molecule has 2 aliphatic heterocycles. The molecule has 3 N–H and O–H groups in total. The van der Waals surface area contributed by atoms with E-state index in [9.17, 15) is 24.3 Å². The number of aromatic nitrogens is 6. The molecule has 1 saturated heterocycles. The van der Waals surface area contributed by atoms with Gasteiger partial charge in [-0.3, -0.25) is 19.3 Å². The number of aliphatic carboxylic acids is 1. The van der Waals surface area contributed by atoms with Crippen LogP contribution < -0.4 is 10.6 Å². The first-order valence-corrected chi connectivity index (χ1v) is 14.6. The number of β-lactam (4-membered cyclic amide) rings is 1. The third-order valence-electron chi connectivity index (χ3n) is 5.94. The maximum absolute atomic E-state index is 13.2. The van der Waals surface area contributed by atoms with Gasteiger partial charge < -0.3 is 20.6 Å². The zero-order valence-corrected chi connectivity index (χ0v) is 22.6. The molecule has 40 heavy (non-hydrogen) atoms. The molecule has 0 unspecified atom stereocenters. The van der Waals surface area contributed by atoms with Crippen molar-refractivity contribution in [2.24, 2.45) is 5.16 Å². The second-order valence-electron chi connectivity index (χ2n) is 8.65. The van der Waals surface area contributed by atoms with Crippen LogP contribution in [0.15, 0.2) is 39.0 Å². The maximum Gasteiger partial charge on any atom is 0.352 e. The summed E-state index contributed by atoms with van der Waals surface area (Å²) in [5, 5.41) is 36.1. The predicted octanol–water partition coefficient (Wildman–Crippen LogP) is -0.0419. The summed E-state index contributed by atoms with van der Waals surface area (Å²) in [7, 11) is 0. The lowest BCUT2D eigenvalue weighted by Gasteiger charge is -2.49. The van der Waals surface area contributed by atoms with Crippen molar-refractivity contribution in [3.8, 4) is 0 Å². The number of thiazole rings is 1. The first-order valence-electron chi connectivity index (χ1n) is 11.7. The Morgan fingerprint density at radius 1 is 1.32 bits per heavy atom. The number of nitrogens with one attached hydrogen (secondary N) is 2. The van der Waals surface area contributed by atoms with Crippen LogP contribution in [-0.4, -0.2) is 99.2 Å². The molecule has 3 aromatic rings. The van der Waals surface area contributed by atoms with E-state index in [2.05, 4.69) is 41.4 Å². The molecule has 3 amide bonds. The van der Waals surface area contributed by atoms with Gasteiger partial charge in [0.1, 0.15) is 33.9 Å². The number of carbonyl (C=O) groups is 4. The fraction of sp³-hybridized carbons (Fsp3) is 0.333. The molecule has 1 aliphatic carbocycles. The van der Waals surface area contributed by atoms with Crippen LogP contribution in [-0.2, 0) is 24.0 Å². The van der Waals surface area contributed by atoms with E-state index in [1.807, 2.05) is 0 Å². The predicted molar refractivity (Wildman–Crippen MR) is 141 cm³/mol. The Balaban J connectivity index is 1.16. The summed E-state index contributed by atoms with van der Waals surface area (Å²) in [5.41, 5.74) is 0.947. The molecule has 19 heteroatoms. The molecule has 16 nitrogen and oxygen atoms in total. The third-order valence-corrected chi connectivity index (χ3v) is 9.06. The normalized spacial score (nSPS) is 20.6. The molecule has 6 rings (SSSR count). The molecule has 2 atom stereocenters. The molecule has 3 aromatic heterocycles. The number of oxime groups is 1. The summed E-state index contributed by atoms with van der Waals surface area (Å²) in [6, 6.07) is 2.45. The fourth-order valence-corrected chi connectivity index (χ4v) is 6.87. The van der Waals surface area contributed by atoms with Crippen LogP contribution in [0.4, 0.5) is 5.13 Å². The number of anilines is 1. The first-order chi connectivity index (χ1) is 19.4. The lowest BCUT2D eigenvalue weighted by atomic mass is 10.0. The van der Waals surface area contributed by atoms with Crippen LogP contribution in [0, 0.1) is 0 Å². The van der Waals surface area contributed by atoms with Gasteiger partial charge in [0, 0.05) is 16.9 Å². The van der Waals surface area contributed by atoms with Gasteiger partial charge in [0.05, 0.1) is 0 Å². The molecule has 3 aliphatic rings. The van der Waals surface area contributed by atoms with E-state index >= 15 is 0 Å². The number of hydrogen-bond donors (Lipinski definition) is 3. The monoisotopic (exact) mass is 602 g/mol. The smallest absolute Gasteiger partial charge is 0.352 e. The minimum atomic E-state index is -1.24. The highest BCUT2D eigenvalue weighted by atomic mass is 32.2. The summed E-state index contributed by atoms with van der Waals surface area (Å²) < 4.78 is 1.27. The highest BCUT2D eigenvalue weighted by Gasteiger charge is 2.54. The Kier molecular flexibility index (Phi) is 7.07. The van der Waals surface area contributed by atoms with Crippen molar-refractivity contribution < 1.29 is 29.1 Å². The summed E-state index contributed by atoms with van der Waals surface area (Å²) in [5.74, 6) is -1.88. The largest absolute Gasteiger partial charge is 0.477 e. The van der Waals surface area contributed by atoms with Crippen molar-refractivity contribution in [2.45, 2.75) is 35.4 Å². The van der Waals surface area contributed by atoms with Gasteiger partial charge in [0.25, 0.3) is 11.8 Å². The Morgan fingerprint density at radius 2 is 2.17 bits per heavy atom. The van der Waals surface area contributed by atoms with E-state index in [4.69, 9.17) is 4.84 Å². The average molecular weight is 603 g/mol. The van der Waals surface area contributed by atoms with E-state index in [1.54, 1.807) is 12.1 Å². The van der Waals surface area contributed by atoms with E-state index in [1.165, 1.54) is 38.4 Å². The zero-order valence-electron chi connectivity index (χ0n) is 20.2. The lowest BCUT2D eigenvalue weighted by Crippen LogP contribution is -2.71. The lowest BCUT2D eigenvalue weighted by molar-refractivity contribution is -0.150. The van der Waals surface area contributed by atoms with Crippen molar-refractivity contribution in [3.05, 3.63) is 34.5 Å². The second kappa shape index (κ2) is 10.8. The molecular weight excluding hydrogens is 584 g/mol. The third kappa shape index (κ3) is 5.09. The molecule has 206 valence electrons. The number of tetrazole rings is 1. The number of carboxylic acids is 1. The number of rotatable bonds is 11. The van der Waals surface area contributed by atoms with Gasteiger partial charge in [-0.15, -0.1) is 49.7 Å². The summed E-state index contributed by atoms with van der Waals surface area (Å²) in [6.45, 7) is 0. The molecule has 0 aromatic carbocycles. The topological polar surface area (TPSA) is 206 Å². The van der Waals surface area contributed by atoms with Gasteiger partial charge in [-0.2, -0.15) is 0 Å². The van der Waals surface area contributed by atoms with Crippen LogP contribution in [0.3, 0.4) is 0 Å². The number of amides is 3. The molecule has 1 saturated carbocycles. The molecule has 0 spiro atoms. The standard InChI is InChI=1S/C21H18N10O6S3/c32-8-22-21-23-11(7-40-21)14(27-37-10-1-2-10)17(33)24-15-18(34)30-16(20(35)36)9(6-39-19(15)30)5-38-13-4-3-12-25-28-29-31(12)26-13/h3-4,7-8,10,15,19H,1-2,5-6H2,(H,24,33)(H,35,36)(H,22,23,32)/t15-,19+/m1/s1. The zero-order chi connectivity index (χ0) is 27.8. The minimum Gasteiger partial charge on any atom is -0.477 e. The van der Waals surface area contributed by atoms with Gasteiger partial charge in [-0.05, 0) is 41.0 Å². The van der Waals surface area contributed by atoms with Gasteiger partial charge in [0.2, 0.25) is 6.41 Å². The van der Waals surface area contributed by atoms with Crippen LogP contribution in [0.1, 0.15) is 18.5 Å².